The van der Waals surface area contributed by atoms with E-state index in [-0.39, 0.29) is 11.9 Å². The third-order valence-electron chi connectivity index (χ3n) is 2.41. The molecule has 1 aromatic carbocycles. The lowest BCUT2D eigenvalue weighted by Crippen LogP contribution is -2.14. The summed E-state index contributed by atoms with van der Waals surface area (Å²) >= 11 is 0. The Kier molecular flexibility index (Phi) is 5.19. The highest BCUT2D eigenvalue weighted by Gasteiger charge is 2.11. The van der Waals surface area contributed by atoms with Crippen LogP contribution in [-0.4, -0.2) is 20.3 Å². The first-order valence-electron chi connectivity index (χ1n) is 5.34. The first kappa shape index (κ1) is 12.9. The van der Waals surface area contributed by atoms with Crippen LogP contribution in [0.4, 0.5) is 8.78 Å². The van der Waals surface area contributed by atoms with Crippen LogP contribution in [0.1, 0.15) is 24.9 Å². The van der Waals surface area contributed by atoms with Crippen LogP contribution in [0.5, 0.6) is 5.75 Å². The number of halogens is 2. The van der Waals surface area contributed by atoms with Gasteiger partial charge in [0.15, 0.2) is 0 Å². The molecule has 0 saturated heterocycles. The molecule has 1 aromatic rings. The second kappa shape index (κ2) is 6.43. The standard InChI is InChI=1S/C12H17F2NO/c1-9(15-2)11-8-10(14)4-5-12(11)16-7-3-6-13/h4-5,8-9,15H,3,6-7H2,1-2H3. The van der Waals surface area contributed by atoms with Gasteiger partial charge in [-0.15, -0.1) is 0 Å². The van der Waals surface area contributed by atoms with Crippen LogP contribution >= 0.6 is 0 Å². The van der Waals surface area contributed by atoms with Gasteiger partial charge in [0.25, 0.3) is 0 Å². The summed E-state index contributed by atoms with van der Waals surface area (Å²) in [6.07, 6.45) is 0.352. The minimum Gasteiger partial charge on any atom is -0.493 e. The lowest BCUT2D eigenvalue weighted by atomic mass is 10.1. The normalized spacial score (nSPS) is 12.5. The maximum atomic E-state index is 13.1. The van der Waals surface area contributed by atoms with Crippen LogP contribution in [-0.2, 0) is 0 Å². The van der Waals surface area contributed by atoms with E-state index in [1.807, 2.05) is 6.92 Å². The van der Waals surface area contributed by atoms with Gasteiger partial charge in [-0.05, 0) is 32.2 Å². The van der Waals surface area contributed by atoms with E-state index in [0.29, 0.717) is 18.8 Å². The fraction of sp³-hybridized carbons (Fsp3) is 0.500. The molecule has 0 radical (unpaired) electrons. The fourth-order valence-corrected chi connectivity index (χ4v) is 1.38. The molecule has 4 heteroatoms. The van der Waals surface area contributed by atoms with Crippen LogP contribution < -0.4 is 10.1 Å². The summed E-state index contributed by atoms with van der Waals surface area (Å²) in [6.45, 7) is 1.82. The van der Waals surface area contributed by atoms with Crippen molar-refractivity contribution in [2.75, 3.05) is 20.3 Å². The monoisotopic (exact) mass is 229 g/mol. The molecule has 0 saturated carbocycles. The van der Waals surface area contributed by atoms with Crippen LogP contribution in [0, 0.1) is 5.82 Å². The van der Waals surface area contributed by atoms with Gasteiger partial charge < -0.3 is 10.1 Å². The molecule has 0 aliphatic carbocycles. The topological polar surface area (TPSA) is 21.3 Å². The second-order valence-corrected chi connectivity index (χ2v) is 3.58. The number of hydrogen-bond donors (Lipinski definition) is 1. The van der Waals surface area contributed by atoms with E-state index in [4.69, 9.17) is 4.74 Å². The summed E-state index contributed by atoms with van der Waals surface area (Å²) in [5, 5.41) is 3.02. The number of nitrogens with one attached hydrogen (secondary N) is 1. The van der Waals surface area contributed by atoms with Crippen molar-refractivity contribution in [3.8, 4) is 5.75 Å². The fourth-order valence-electron chi connectivity index (χ4n) is 1.38. The lowest BCUT2D eigenvalue weighted by Gasteiger charge is -2.16. The van der Waals surface area contributed by atoms with Crippen LogP contribution in [0.3, 0.4) is 0 Å². The quantitative estimate of drug-likeness (QED) is 0.757. The first-order chi connectivity index (χ1) is 7.69. The average Bonchev–Trinajstić information content (AvgIpc) is 2.30. The minimum atomic E-state index is -0.405. The summed E-state index contributed by atoms with van der Waals surface area (Å²) in [6, 6.07) is 4.36. The highest BCUT2D eigenvalue weighted by Crippen LogP contribution is 2.25. The maximum Gasteiger partial charge on any atom is 0.124 e. The molecule has 0 aromatic heterocycles. The van der Waals surface area contributed by atoms with Gasteiger partial charge in [-0.2, -0.15) is 0 Å². The Morgan fingerprint density at radius 1 is 1.44 bits per heavy atom. The van der Waals surface area contributed by atoms with E-state index in [1.165, 1.54) is 12.1 Å². The van der Waals surface area contributed by atoms with Gasteiger partial charge in [-0.1, -0.05) is 0 Å². The molecule has 1 N–H and O–H groups in total. The maximum absolute atomic E-state index is 13.1. The minimum absolute atomic E-state index is 0.00363. The summed E-state index contributed by atoms with van der Waals surface area (Å²) in [7, 11) is 1.79. The number of rotatable bonds is 6. The van der Waals surface area contributed by atoms with Crippen molar-refractivity contribution in [2.24, 2.45) is 0 Å². The third-order valence-corrected chi connectivity index (χ3v) is 2.41. The van der Waals surface area contributed by atoms with Crippen molar-refractivity contribution in [3.63, 3.8) is 0 Å². The Hall–Kier alpha value is -1.16. The molecule has 1 atom stereocenters. The summed E-state index contributed by atoms with van der Waals surface area (Å²) < 4.78 is 30.4. The predicted molar refractivity (Wildman–Crippen MR) is 60.0 cm³/mol. The van der Waals surface area contributed by atoms with Gasteiger partial charge >= 0.3 is 0 Å². The lowest BCUT2D eigenvalue weighted by molar-refractivity contribution is 0.285. The zero-order valence-corrected chi connectivity index (χ0v) is 9.59. The molecule has 0 fully saturated rings. The smallest absolute Gasteiger partial charge is 0.124 e. The van der Waals surface area contributed by atoms with E-state index in [0.717, 1.165) is 5.56 Å². The number of ether oxygens (including phenoxy) is 1. The zero-order chi connectivity index (χ0) is 12.0. The van der Waals surface area contributed by atoms with E-state index in [1.54, 1.807) is 13.1 Å². The Labute approximate surface area is 94.6 Å². The largest absolute Gasteiger partial charge is 0.493 e. The summed E-state index contributed by atoms with van der Waals surface area (Å²) in [4.78, 5) is 0. The average molecular weight is 229 g/mol. The highest BCUT2D eigenvalue weighted by molar-refractivity contribution is 5.36. The van der Waals surface area contributed by atoms with Gasteiger partial charge in [-0.3, -0.25) is 4.39 Å². The molecule has 0 heterocycles. The summed E-state index contributed by atoms with van der Waals surface area (Å²) in [5.74, 6) is 0.312. The molecule has 90 valence electrons. The highest BCUT2D eigenvalue weighted by atomic mass is 19.1. The van der Waals surface area contributed by atoms with Gasteiger partial charge in [-0.25, -0.2) is 4.39 Å². The SMILES string of the molecule is CNC(C)c1cc(F)ccc1OCCCF. The second-order valence-electron chi connectivity index (χ2n) is 3.58. The number of benzene rings is 1. The Morgan fingerprint density at radius 2 is 2.19 bits per heavy atom. The molecule has 2 nitrogen and oxygen atoms in total. The zero-order valence-electron chi connectivity index (χ0n) is 9.59. The van der Waals surface area contributed by atoms with E-state index in [9.17, 15) is 8.78 Å². The number of alkyl halides is 1. The van der Waals surface area contributed by atoms with Gasteiger partial charge in [0.1, 0.15) is 11.6 Å². The van der Waals surface area contributed by atoms with Gasteiger partial charge in [0.2, 0.25) is 0 Å². The third kappa shape index (κ3) is 3.45. The molecule has 0 bridgehead atoms. The molecule has 1 unspecified atom stereocenters. The molecule has 0 aliphatic rings. The van der Waals surface area contributed by atoms with E-state index in [2.05, 4.69) is 5.32 Å². The molecule has 0 aliphatic heterocycles. The molecular weight excluding hydrogens is 212 g/mol. The Bertz CT molecular complexity index is 331. The van der Waals surface area contributed by atoms with Crippen LogP contribution in [0.15, 0.2) is 18.2 Å². The molecule has 0 spiro atoms. The van der Waals surface area contributed by atoms with Crippen molar-refractivity contribution in [2.45, 2.75) is 19.4 Å². The Morgan fingerprint density at radius 3 is 2.81 bits per heavy atom. The predicted octanol–water partition coefficient (Wildman–Crippen LogP) is 2.84. The van der Waals surface area contributed by atoms with Crippen LogP contribution in [0.25, 0.3) is 0 Å². The van der Waals surface area contributed by atoms with Gasteiger partial charge in [0, 0.05) is 18.0 Å². The summed E-state index contributed by atoms with van der Waals surface area (Å²) in [5.41, 5.74) is 0.751. The first-order valence-corrected chi connectivity index (χ1v) is 5.34. The van der Waals surface area contributed by atoms with Crippen molar-refractivity contribution in [1.29, 1.82) is 0 Å². The molecular formula is C12H17F2NO. The van der Waals surface area contributed by atoms with Crippen molar-refractivity contribution in [3.05, 3.63) is 29.6 Å². The Balaban J connectivity index is 2.80. The van der Waals surface area contributed by atoms with E-state index >= 15 is 0 Å². The molecule has 1 rings (SSSR count). The van der Waals surface area contributed by atoms with Gasteiger partial charge in [0.05, 0.1) is 13.3 Å². The van der Waals surface area contributed by atoms with E-state index < -0.39 is 6.67 Å². The molecule has 16 heavy (non-hydrogen) atoms. The number of hydrogen-bond acceptors (Lipinski definition) is 2. The van der Waals surface area contributed by atoms with Crippen molar-refractivity contribution in [1.82, 2.24) is 5.32 Å². The van der Waals surface area contributed by atoms with Crippen LogP contribution in [0.2, 0.25) is 0 Å². The van der Waals surface area contributed by atoms with Crippen molar-refractivity contribution < 1.29 is 13.5 Å². The molecule has 0 amide bonds. The van der Waals surface area contributed by atoms with Crippen molar-refractivity contribution >= 4 is 0 Å².